The Bertz CT molecular complexity index is 381. The predicted octanol–water partition coefficient (Wildman–Crippen LogP) is 2.58. The van der Waals surface area contributed by atoms with E-state index in [-0.39, 0.29) is 0 Å². The Balaban J connectivity index is 2.17. The summed E-state index contributed by atoms with van der Waals surface area (Å²) in [4.78, 5) is 8.86. The molecule has 0 fully saturated rings. The number of aromatic nitrogens is 2. The monoisotopic (exact) mass is 249 g/mol. The maximum Gasteiger partial charge on any atom is 0.133 e. The van der Waals surface area contributed by atoms with Crippen molar-refractivity contribution in [2.45, 2.75) is 51.5 Å². The molecule has 0 radical (unpaired) electrons. The fourth-order valence-electron chi connectivity index (χ4n) is 2.48. The van der Waals surface area contributed by atoms with Gasteiger partial charge in [0.1, 0.15) is 12.1 Å². The minimum Gasteiger partial charge on any atom is -0.383 e. The zero-order valence-corrected chi connectivity index (χ0v) is 11.4. The fraction of sp³-hybridized carbons (Fsp3) is 0.714. The van der Waals surface area contributed by atoms with Crippen LogP contribution in [0.25, 0.3) is 0 Å². The van der Waals surface area contributed by atoms with E-state index in [9.17, 15) is 0 Å². The molecule has 0 spiro atoms. The summed E-state index contributed by atoms with van der Waals surface area (Å²) in [5.74, 6) is 1.02. The van der Waals surface area contributed by atoms with E-state index < -0.39 is 0 Å². The third-order valence-electron chi connectivity index (χ3n) is 3.58. The van der Waals surface area contributed by atoms with Crippen molar-refractivity contribution in [1.82, 2.24) is 9.97 Å². The Morgan fingerprint density at radius 1 is 1.28 bits per heavy atom. The third-order valence-corrected chi connectivity index (χ3v) is 3.58. The van der Waals surface area contributed by atoms with E-state index in [1.807, 2.05) is 0 Å². The number of rotatable bonds is 5. The van der Waals surface area contributed by atoms with Gasteiger partial charge < -0.3 is 10.1 Å². The van der Waals surface area contributed by atoms with Crippen LogP contribution < -0.4 is 5.32 Å². The van der Waals surface area contributed by atoms with Gasteiger partial charge in [-0.15, -0.1) is 0 Å². The van der Waals surface area contributed by atoms with Gasteiger partial charge in [0.05, 0.1) is 12.6 Å². The van der Waals surface area contributed by atoms with E-state index in [0.29, 0.717) is 6.04 Å². The lowest BCUT2D eigenvalue weighted by atomic mass is 10.1. The number of ether oxygens (including phenoxy) is 1. The van der Waals surface area contributed by atoms with Gasteiger partial charge in [-0.1, -0.05) is 13.3 Å². The number of hydrogen-bond donors (Lipinski definition) is 1. The van der Waals surface area contributed by atoms with E-state index in [1.54, 1.807) is 13.4 Å². The van der Waals surface area contributed by atoms with Crippen molar-refractivity contribution in [2.24, 2.45) is 0 Å². The maximum absolute atomic E-state index is 5.23. The highest BCUT2D eigenvalue weighted by Gasteiger charge is 2.16. The van der Waals surface area contributed by atoms with Crippen LogP contribution in [-0.2, 0) is 17.6 Å². The lowest BCUT2D eigenvalue weighted by Crippen LogP contribution is -2.25. The predicted molar refractivity (Wildman–Crippen MR) is 72.9 cm³/mol. The van der Waals surface area contributed by atoms with Crippen LogP contribution in [0.1, 0.15) is 43.9 Å². The van der Waals surface area contributed by atoms with Crippen molar-refractivity contribution in [2.75, 3.05) is 19.0 Å². The molecule has 1 aromatic heterocycles. The quantitative estimate of drug-likeness (QED) is 0.815. The van der Waals surface area contributed by atoms with E-state index in [2.05, 4.69) is 22.2 Å². The highest BCUT2D eigenvalue weighted by molar-refractivity contribution is 5.47. The van der Waals surface area contributed by atoms with Crippen LogP contribution in [0.3, 0.4) is 0 Å². The highest BCUT2D eigenvalue weighted by atomic mass is 16.5. The van der Waals surface area contributed by atoms with Gasteiger partial charge in [-0.2, -0.15) is 0 Å². The van der Waals surface area contributed by atoms with Crippen molar-refractivity contribution in [3.8, 4) is 0 Å². The molecule has 1 aliphatic carbocycles. The minimum atomic E-state index is 0.331. The first-order valence-corrected chi connectivity index (χ1v) is 6.93. The number of anilines is 1. The second-order valence-electron chi connectivity index (χ2n) is 4.91. The second-order valence-corrected chi connectivity index (χ2v) is 4.91. The van der Waals surface area contributed by atoms with Crippen LogP contribution in [0.4, 0.5) is 5.82 Å². The van der Waals surface area contributed by atoms with E-state index in [1.165, 1.54) is 30.5 Å². The van der Waals surface area contributed by atoms with Crippen LogP contribution in [0.2, 0.25) is 0 Å². The zero-order chi connectivity index (χ0) is 12.8. The molecule has 0 saturated carbocycles. The van der Waals surface area contributed by atoms with E-state index >= 15 is 0 Å². The van der Waals surface area contributed by atoms with Gasteiger partial charge in [-0.3, -0.25) is 0 Å². The number of nitrogens with one attached hydrogen (secondary N) is 1. The molecular formula is C14H23N3O. The van der Waals surface area contributed by atoms with Crippen LogP contribution in [-0.4, -0.2) is 29.7 Å². The van der Waals surface area contributed by atoms with E-state index in [4.69, 9.17) is 4.74 Å². The Kier molecular flexibility index (Phi) is 4.93. The smallest absolute Gasteiger partial charge is 0.133 e. The molecule has 18 heavy (non-hydrogen) atoms. The lowest BCUT2D eigenvalue weighted by Gasteiger charge is -2.19. The molecule has 1 aliphatic rings. The van der Waals surface area contributed by atoms with Crippen molar-refractivity contribution in [3.63, 3.8) is 0 Å². The summed E-state index contributed by atoms with van der Waals surface area (Å²) in [6.07, 6.45) is 8.70. The van der Waals surface area contributed by atoms with Gasteiger partial charge in [0.2, 0.25) is 0 Å². The molecule has 1 heterocycles. The van der Waals surface area contributed by atoms with Gasteiger partial charge >= 0.3 is 0 Å². The summed E-state index contributed by atoms with van der Waals surface area (Å²) in [5.41, 5.74) is 2.56. The molecule has 0 aromatic carbocycles. The molecule has 1 aromatic rings. The van der Waals surface area contributed by atoms with Crippen LogP contribution >= 0.6 is 0 Å². The van der Waals surface area contributed by atoms with Gasteiger partial charge in [0.15, 0.2) is 0 Å². The third kappa shape index (κ3) is 3.19. The standard InChI is InChI=1S/C14H23N3O/c1-3-11(9-18-2)17-14-12-7-5-4-6-8-13(12)15-10-16-14/h10-11H,3-9H2,1-2H3,(H,15,16,17). The summed E-state index contributed by atoms with van der Waals surface area (Å²) in [7, 11) is 1.74. The molecule has 0 saturated heterocycles. The number of hydrogen-bond acceptors (Lipinski definition) is 4. The molecule has 0 aliphatic heterocycles. The summed E-state index contributed by atoms with van der Waals surface area (Å²) in [5, 5.41) is 3.51. The van der Waals surface area contributed by atoms with Crippen molar-refractivity contribution < 1.29 is 4.74 Å². The first-order valence-electron chi connectivity index (χ1n) is 6.93. The Morgan fingerprint density at radius 2 is 2.11 bits per heavy atom. The molecule has 1 unspecified atom stereocenters. The normalized spacial score (nSPS) is 16.8. The second kappa shape index (κ2) is 6.69. The van der Waals surface area contributed by atoms with Gasteiger partial charge in [0, 0.05) is 18.4 Å². The average Bonchev–Trinajstić information content (AvgIpc) is 2.64. The molecule has 2 rings (SSSR count). The molecule has 4 nitrogen and oxygen atoms in total. The number of nitrogens with zero attached hydrogens (tertiary/aromatic N) is 2. The average molecular weight is 249 g/mol. The van der Waals surface area contributed by atoms with Crippen LogP contribution in [0.5, 0.6) is 0 Å². The summed E-state index contributed by atoms with van der Waals surface area (Å²) in [6, 6.07) is 0.331. The minimum absolute atomic E-state index is 0.331. The van der Waals surface area contributed by atoms with Crippen molar-refractivity contribution in [3.05, 3.63) is 17.6 Å². The Hall–Kier alpha value is -1.16. The summed E-state index contributed by atoms with van der Waals surface area (Å²) in [6.45, 7) is 2.88. The summed E-state index contributed by atoms with van der Waals surface area (Å²) >= 11 is 0. The SMILES string of the molecule is CCC(COC)Nc1ncnc2c1CCCCC2. The molecule has 1 N–H and O–H groups in total. The Labute approximate surface area is 109 Å². The van der Waals surface area contributed by atoms with Crippen LogP contribution in [0, 0.1) is 0 Å². The Morgan fingerprint density at radius 3 is 2.89 bits per heavy atom. The van der Waals surface area contributed by atoms with Crippen molar-refractivity contribution >= 4 is 5.82 Å². The van der Waals surface area contributed by atoms with Crippen molar-refractivity contribution in [1.29, 1.82) is 0 Å². The van der Waals surface area contributed by atoms with Gasteiger partial charge in [0.25, 0.3) is 0 Å². The van der Waals surface area contributed by atoms with E-state index in [0.717, 1.165) is 31.7 Å². The molecule has 100 valence electrons. The molecule has 4 heteroatoms. The van der Waals surface area contributed by atoms with Gasteiger partial charge in [-0.25, -0.2) is 9.97 Å². The molecule has 0 amide bonds. The molecule has 1 atom stereocenters. The van der Waals surface area contributed by atoms with Crippen LogP contribution in [0.15, 0.2) is 6.33 Å². The summed E-state index contributed by atoms with van der Waals surface area (Å²) < 4.78 is 5.23. The topological polar surface area (TPSA) is 47.0 Å². The highest BCUT2D eigenvalue weighted by Crippen LogP contribution is 2.24. The fourth-order valence-corrected chi connectivity index (χ4v) is 2.48. The lowest BCUT2D eigenvalue weighted by molar-refractivity contribution is 0.184. The number of fused-ring (bicyclic) bond motifs is 1. The number of aryl methyl sites for hydroxylation is 1. The first kappa shape index (κ1) is 13.3. The molecule has 0 bridgehead atoms. The largest absolute Gasteiger partial charge is 0.383 e. The van der Waals surface area contributed by atoms with Gasteiger partial charge in [-0.05, 0) is 32.1 Å². The first-order chi connectivity index (χ1) is 8.85. The molecular weight excluding hydrogens is 226 g/mol. The maximum atomic E-state index is 5.23. The number of methoxy groups -OCH3 is 1. The zero-order valence-electron chi connectivity index (χ0n) is 11.4.